The number of carbonyl (C=O) groups is 1. The summed E-state index contributed by atoms with van der Waals surface area (Å²) in [5.41, 5.74) is 0. The van der Waals surface area contributed by atoms with E-state index < -0.39 is 0 Å². The van der Waals surface area contributed by atoms with Crippen molar-refractivity contribution < 1.29 is 4.79 Å². The molecule has 1 N–H and O–H groups in total. The fraction of sp³-hybridized carbons (Fsp3) is 0.727. The van der Waals surface area contributed by atoms with E-state index >= 15 is 0 Å². The van der Waals surface area contributed by atoms with Crippen LogP contribution in [0.5, 0.6) is 0 Å². The van der Waals surface area contributed by atoms with Gasteiger partial charge in [-0.25, -0.2) is 0 Å². The molecule has 3 heteroatoms. The number of hydrogen-bond donors (Lipinski definition) is 1. The predicted molar refractivity (Wildman–Crippen MR) is 60.0 cm³/mol. The van der Waals surface area contributed by atoms with Crippen LogP contribution in [-0.4, -0.2) is 31.6 Å². The molecule has 3 nitrogen and oxygen atoms in total. The van der Waals surface area contributed by atoms with E-state index in [-0.39, 0.29) is 5.91 Å². The molecule has 0 unspecified atom stereocenters. The first kappa shape index (κ1) is 13.2. The first-order chi connectivity index (χ1) is 6.66. The zero-order valence-electron chi connectivity index (χ0n) is 9.55. The van der Waals surface area contributed by atoms with Crippen LogP contribution in [0.3, 0.4) is 0 Å². The third-order valence-electron chi connectivity index (χ3n) is 1.77. The second-order valence-corrected chi connectivity index (χ2v) is 3.61. The number of nitrogens with zero attached hydrogens (tertiary/aromatic N) is 1. The van der Waals surface area contributed by atoms with Crippen molar-refractivity contribution in [3.8, 4) is 0 Å². The summed E-state index contributed by atoms with van der Waals surface area (Å²) >= 11 is 0. The van der Waals surface area contributed by atoms with Crippen LogP contribution < -0.4 is 5.32 Å². The standard InChI is InChI=1S/C11H22N2O/c1-4-5-6-7-8-9-11(14)12-10-13(2)3/h5-6H,4,7-10H2,1-3H3,(H,12,14)/b6-5+. The summed E-state index contributed by atoms with van der Waals surface area (Å²) in [5.74, 6) is 0.142. The van der Waals surface area contributed by atoms with Crippen molar-refractivity contribution in [2.75, 3.05) is 20.8 Å². The summed E-state index contributed by atoms with van der Waals surface area (Å²) in [4.78, 5) is 13.2. The van der Waals surface area contributed by atoms with Gasteiger partial charge in [0.15, 0.2) is 0 Å². The second-order valence-electron chi connectivity index (χ2n) is 3.61. The maximum Gasteiger partial charge on any atom is 0.221 e. The van der Waals surface area contributed by atoms with E-state index in [2.05, 4.69) is 24.4 Å². The largest absolute Gasteiger partial charge is 0.343 e. The SMILES string of the molecule is CC/C=C/CCCC(=O)NCN(C)C. The Hall–Kier alpha value is -0.830. The molecule has 0 bridgehead atoms. The monoisotopic (exact) mass is 198 g/mol. The van der Waals surface area contributed by atoms with Crippen molar-refractivity contribution >= 4 is 5.91 Å². The fourth-order valence-corrected chi connectivity index (χ4v) is 1.000. The van der Waals surface area contributed by atoms with Gasteiger partial charge in [0, 0.05) is 6.42 Å². The average Bonchev–Trinajstić information content (AvgIpc) is 2.14. The lowest BCUT2D eigenvalue weighted by atomic mass is 10.2. The summed E-state index contributed by atoms with van der Waals surface area (Å²) in [6.07, 6.45) is 7.92. The number of nitrogens with one attached hydrogen (secondary N) is 1. The van der Waals surface area contributed by atoms with Crippen molar-refractivity contribution in [2.45, 2.75) is 32.6 Å². The summed E-state index contributed by atoms with van der Waals surface area (Å²) < 4.78 is 0. The van der Waals surface area contributed by atoms with Crippen LogP contribution in [0.25, 0.3) is 0 Å². The molecular formula is C11H22N2O. The second kappa shape index (κ2) is 8.75. The zero-order chi connectivity index (χ0) is 10.8. The highest BCUT2D eigenvalue weighted by Crippen LogP contribution is 1.97. The molecule has 0 radical (unpaired) electrons. The van der Waals surface area contributed by atoms with E-state index in [0.717, 1.165) is 19.3 Å². The van der Waals surface area contributed by atoms with E-state index in [1.807, 2.05) is 19.0 Å². The quantitative estimate of drug-likeness (QED) is 0.384. The Balaban J connectivity index is 3.31. The predicted octanol–water partition coefficient (Wildman–Crippen LogP) is 1.76. The van der Waals surface area contributed by atoms with Gasteiger partial charge >= 0.3 is 0 Å². The highest BCUT2D eigenvalue weighted by atomic mass is 16.1. The van der Waals surface area contributed by atoms with Gasteiger partial charge in [0.05, 0.1) is 6.67 Å². The highest BCUT2D eigenvalue weighted by molar-refractivity contribution is 5.75. The summed E-state index contributed by atoms with van der Waals surface area (Å²) in [6.45, 7) is 2.74. The average molecular weight is 198 g/mol. The van der Waals surface area contributed by atoms with Crippen LogP contribution in [-0.2, 0) is 4.79 Å². The molecular weight excluding hydrogens is 176 g/mol. The molecule has 0 atom stereocenters. The smallest absolute Gasteiger partial charge is 0.221 e. The molecule has 14 heavy (non-hydrogen) atoms. The molecule has 0 fully saturated rings. The molecule has 0 saturated carbocycles. The Bertz CT molecular complexity index is 176. The molecule has 0 aromatic rings. The van der Waals surface area contributed by atoms with Crippen molar-refractivity contribution in [3.05, 3.63) is 12.2 Å². The van der Waals surface area contributed by atoms with Gasteiger partial charge in [-0.15, -0.1) is 0 Å². The van der Waals surface area contributed by atoms with Gasteiger partial charge < -0.3 is 5.32 Å². The van der Waals surface area contributed by atoms with E-state index in [1.54, 1.807) is 0 Å². The maximum absolute atomic E-state index is 11.2. The third kappa shape index (κ3) is 9.26. The molecule has 0 saturated heterocycles. The lowest BCUT2D eigenvalue weighted by Crippen LogP contribution is -2.32. The van der Waals surface area contributed by atoms with Crippen LogP contribution in [0.2, 0.25) is 0 Å². The van der Waals surface area contributed by atoms with E-state index in [1.165, 1.54) is 0 Å². The summed E-state index contributed by atoms with van der Waals surface area (Å²) in [7, 11) is 3.87. The van der Waals surface area contributed by atoms with Gasteiger partial charge in [-0.1, -0.05) is 19.1 Å². The molecule has 0 aromatic heterocycles. The molecule has 0 rings (SSSR count). The summed E-state index contributed by atoms with van der Waals surface area (Å²) in [6, 6.07) is 0. The molecule has 0 aliphatic rings. The van der Waals surface area contributed by atoms with E-state index in [4.69, 9.17) is 0 Å². The van der Waals surface area contributed by atoms with Gasteiger partial charge in [-0.05, 0) is 33.4 Å². The number of rotatable bonds is 7. The van der Waals surface area contributed by atoms with Gasteiger partial charge in [-0.3, -0.25) is 9.69 Å². The molecule has 1 amide bonds. The number of carbonyl (C=O) groups excluding carboxylic acids is 1. The summed E-state index contributed by atoms with van der Waals surface area (Å²) in [5, 5.41) is 2.84. The van der Waals surface area contributed by atoms with Crippen LogP contribution >= 0.6 is 0 Å². The molecule has 82 valence electrons. The van der Waals surface area contributed by atoms with Gasteiger partial charge in [0.25, 0.3) is 0 Å². The van der Waals surface area contributed by atoms with Crippen molar-refractivity contribution in [1.29, 1.82) is 0 Å². The Labute approximate surface area is 87.2 Å². The lowest BCUT2D eigenvalue weighted by molar-refractivity contribution is -0.121. The fourth-order valence-electron chi connectivity index (χ4n) is 1.000. The minimum absolute atomic E-state index is 0.142. The van der Waals surface area contributed by atoms with Crippen molar-refractivity contribution in [1.82, 2.24) is 10.2 Å². The lowest BCUT2D eigenvalue weighted by Gasteiger charge is -2.10. The molecule has 0 heterocycles. The number of hydrogen-bond acceptors (Lipinski definition) is 2. The Morgan fingerprint density at radius 1 is 1.36 bits per heavy atom. The topological polar surface area (TPSA) is 32.3 Å². The number of amides is 1. The van der Waals surface area contributed by atoms with Crippen molar-refractivity contribution in [3.63, 3.8) is 0 Å². The highest BCUT2D eigenvalue weighted by Gasteiger charge is 1.99. The Morgan fingerprint density at radius 2 is 2.07 bits per heavy atom. The van der Waals surface area contributed by atoms with Crippen LogP contribution in [0.15, 0.2) is 12.2 Å². The minimum Gasteiger partial charge on any atom is -0.343 e. The van der Waals surface area contributed by atoms with Gasteiger partial charge in [-0.2, -0.15) is 0 Å². The van der Waals surface area contributed by atoms with Crippen LogP contribution in [0.1, 0.15) is 32.6 Å². The minimum atomic E-state index is 0.142. The molecule has 0 aromatic carbocycles. The first-order valence-electron chi connectivity index (χ1n) is 5.23. The Kier molecular flexibility index (Phi) is 8.24. The maximum atomic E-state index is 11.2. The van der Waals surface area contributed by atoms with Crippen LogP contribution in [0.4, 0.5) is 0 Å². The Morgan fingerprint density at radius 3 is 2.64 bits per heavy atom. The van der Waals surface area contributed by atoms with Gasteiger partial charge in [0.1, 0.15) is 0 Å². The van der Waals surface area contributed by atoms with Crippen LogP contribution in [0, 0.1) is 0 Å². The molecule has 0 aliphatic heterocycles. The normalized spacial score (nSPS) is 11.1. The van der Waals surface area contributed by atoms with Gasteiger partial charge in [0.2, 0.25) is 5.91 Å². The first-order valence-corrected chi connectivity index (χ1v) is 5.23. The number of unbranched alkanes of at least 4 members (excludes halogenated alkanes) is 1. The van der Waals surface area contributed by atoms with E-state index in [9.17, 15) is 4.79 Å². The zero-order valence-corrected chi connectivity index (χ0v) is 9.55. The number of allylic oxidation sites excluding steroid dienone is 2. The molecule has 0 aliphatic carbocycles. The third-order valence-corrected chi connectivity index (χ3v) is 1.77. The van der Waals surface area contributed by atoms with Crippen molar-refractivity contribution in [2.24, 2.45) is 0 Å². The molecule has 0 spiro atoms. The van der Waals surface area contributed by atoms with E-state index in [0.29, 0.717) is 13.1 Å².